The Labute approximate surface area is 170 Å². The maximum Gasteiger partial charge on any atom is 0.269 e. The lowest BCUT2D eigenvalue weighted by Crippen LogP contribution is -2.52. The highest BCUT2D eigenvalue weighted by Gasteiger charge is 2.28. The molecule has 0 aromatic heterocycles. The smallest absolute Gasteiger partial charge is 0.269 e. The van der Waals surface area contributed by atoms with Crippen LogP contribution in [-0.2, 0) is 5.41 Å². The van der Waals surface area contributed by atoms with Crippen molar-refractivity contribution < 1.29 is 10.0 Å². The van der Waals surface area contributed by atoms with Crippen LogP contribution < -0.4 is 4.90 Å². The Morgan fingerprint density at radius 1 is 1.11 bits per heavy atom. The molecule has 28 heavy (non-hydrogen) atoms. The van der Waals surface area contributed by atoms with Gasteiger partial charge in [0.25, 0.3) is 5.69 Å². The average Bonchev–Trinajstić information content (AvgIpc) is 2.68. The third kappa shape index (κ3) is 4.84. The van der Waals surface area contributed by atoms with Gasteiger partial charge in [0.05, 0.1) is 17.6 Å². The number of nitrogens with zero attached hydrogens (tertiary/aromatic N) is 3. The van der Waals surface area contributed by atoms with Crippen molar-refractivity contribution in [2.75, 3.05) is 31.1 Å². The Hall–Kier alpha value is -2.09. The summed E-state index contributed by atoms with van der Waals surface area (Å²) < 4.78 is 2.23. The number of non-ortho nitro benzene ring substituents is 1. The molecule has 0 aliphatic carbocycles. The molecule has 1 fully saturated rings. The van der Waals surface area contributed by atoms with Gasteiger partial charge in [0.1, 0.15) is 0 Å². The molecule has 0 bridgehead atoms. The summed E-state index contributed by atoms with van der Waals surface area (Å²) in [7, 11) is 0. The first kappa shape index (κ1) is 20.6. The number of hydrogen-bond donors (Lipinski definition) is 1. The summed E-state index contributed by atoms with van der Waals surface area (Å²) in [6.07, 6.45) is 0. The molecule has 1 N–H and O–H groups in total. The average molecular weight is 402 g/mol. The monoisotopic (exact) mass is 401 g/mol. The molecule has 3 rings (SSSR count). The summed E-state index contributed by atoms with van der Waals surface area (Å²) >= 11 is 1.68. The van der Waals surface area contributed by atoms with E-state index in [2.05, 4.69) is 54.2 Å². The van der Waals surface area contributed by atoms with E-state index < -0.39 is 0 Å². The minimum absolute atomic E-state index is 0.00349. The third-order valence-electron chi connectivity index (χ3n) is 5.01. The first-order chi connectivity index (χ1) is 13.3. The Morgan fingerprint density at radius 3 is 2.29 bits per heavy atom. The van der Waals surface area contributed by atoms with Crippen molar-refractivity contribution in [2.45, 2.75) is 37.1 Å². The zero-order valence-corrected chi connectivity index (χ0v) is 17.4. The first-order valence-electron chi connectivity index (χ1n) is 9.43. The number of nitro benzene ring substituents is 1. The second kappa shape index (κ2) is 8.51. The van der Waals surface area contributed by atoms with Gasteiger partial charge in [0.15, 0.2) is 0 Å². The number of aliphatic hydroxyl groups is 1. The SMILES string of the molecule is CC(C)(C)c1ccc(SN2CCN(c3ccc([N+](=O)[O-])cc3)CC2CO)cc1. The summed E-state index contributed by atoms with van der Waals surface area (Å²) in [5.74, 6) is 0. The van der Waals surface area contributed by atoms with Gasteiger partial charge in [-0.15, -0.1) is 0 Å². The molecule has 1 aliphatic rings. The van der Waals surface area contributed by atoms with E-state index in [0.717, 1.165) is 23.7 Å². The lowest BCUT2D eigenvalue weighted by atomic mass is 9.87. The Kier molecular flexibility index (Phi) is 6.27. The largest absolute Gasteiger partial charge is 0.395 e. The molecule has 0 radical (unpaired) electrons. The first-order valence-corrected chi connectivity index (χ1v) is 10.2. The highest BCUT2D eigenvalue weighted by molar-refractivity contribution is 7.97. The van der Waals surface area contributed by atoms with E-state index in [9.17, 15) is 15.2 Å². The fourth-order valence-electron chi connectivity index (χ4n) is 3.28. The molecule has 1 unspecified atom stereocenters. The van der Waals surface area contributed by atoms with E-state index in [-0.39, 0.29) is 28.7 Å². The molecule has 0 spiro atoms. The number of benzene rings is 2. The summed E-state index contributed by atoms with van der Waals surface area (Å²) in [6, 6.07) is 15.2. The fourth-order valence-corrected chi connectivity index (χ4v) is 4.26. The number of hydrogen-bond acceptors (Lipinski definition) is 6. The molecule has 6 nitrogen and oxygen atoms in total. The maximum absolute atomic E-state index is 10.8. The zero-order valence-electron chi connectivity index (χ0n) is 16.5. The van der Waals surface area contributed by atoms with Gasteiger partial charge in [-0.25, -0.2) is 4.31 Å². The normalized spacial score (nSPS) is 18.3. The Morgan fingerprint density at radius 2 is 1.75 bits per heavy atom. The van der Waals surface area contributed by atoms with Crippen LogP contribution in [0.4, 0.5) is 11.4 Å². The number of anilines is 1. The van der Waals surface area contributed by atoms with Crippen molar-refractivity contribution in [1.82, 2.24) is 4.31 Å². The van der Waals surface area contributed by atoms with Crippen molar-refractivity contribution in [3.63, 3.8) is 0 Å². The van der Waals surface area contributed by atoms with Crippen LogP contribution in [-0.4, -0.2) is 46.6 Å². The molecule has 2 aromatic rings. The second-order valence-electron chi connectivity index (χ2n) is 8.06. The molecule has 2 aromatic carbocycles. The summed E-state index contributed by atoms with van der Waals surface area (Å²) in [5.41, 5.74) is 2.48. The van der Waals surface area contributed by atoms with Gasteiger partial charge in [0, 0.05) is 42.3 Å². The van der Waals surface area contributed by atoms with E-state index in [1.165, 1.54) is 17.7 Å². The Balaban J connectivity index is 1.65. The summed E-state index contributed by atoms with van der Waals surface area (Å²) in [6.45, 7) is 8.96. The molecule has 1 aliphatic heterocycles. The van der Waals surface area contributed by atoms with E-state index >= 15 is 0 Å². The third-order valence-corrected chi connectivity index (χ3v) is 6.21. The predicted molar refractivity (Wildman–Crippen MR) is 114 cm³/mol. The number of rotatable bonds is 5. The lowest BCUT2D eigenvalue weighted by molar-refractivity contribution is -0.384. The predicted octanol–water partition coefficient (Wildman–Crippen LogP) is 4.08. The molecule has 1 saturated heterocycles. The number of aliphatic hydroxyl groups excluding tert-OH is 1. The minimum atomic E-state index is -0.389. The maximum atomic E-state index is 10.8. The minimum Gasteiger partial charge on any atom is -0.395 e. The number of nitro groups is 1. The van der Waals surface area contributed by atoms with Gasteiger partial charge in [-0.2, -0.15) is 0 Å². The van der Waals surface area contributed by atoms with Crippen molar-refractivity contribution in [1.29, 1.82) is 0 Å². The molecule has 1 heterocycles. The molecule has 1 atom stereocenters. The molecule has 7 heteroatoms. The summed E-state index contributed by atoms with van der Waals surface area (Å²) in [4.78, 5) is 13.8. The van der Waals surface area contributed by atoms with Crippen LogP contribution in [0.25, 0.3) is 0 Å². The van der Waals surface area contributed by atoms with E-state index in [4.69, 9.17) is 0 Å². The van der Waals surface area contributed by atoms with Gasteiger partial charge in [-0.1, -0.05) is 32.9 Å². The van der Waals surface area contributed by atoms with Gasteiger partial charge in [-0.05, 0) is 47.2 Å². The van der Waals surface area contributed by atoms with Gasteiger partial charge in [-0.3, -0.25) is 10.1 Å². The van der Waals surface area contributed by atoms with Crippen LogP contribution in [0.3, 0.4) is 0 Å². The van der Waals surface area contributed by atoms with Crippen LogP contribution in [0, 0.1) is 10.1 Å². The quantitative estimate of drug-likeness (QED) is 0.462. The standard InChI is InChI=1S/C21H27N3O3S/c1-21(2,3)16-4-10-20(11-5-16)28-23-13-12-22(14-19(23)15-25)17-6-8-18(9-7-17)24(26)27/h4-11,19,25H,12-15H2,1-3H3. The van der Waals surface area contributed by atoms with Crippen LogP contribution >= 0.6 is 11.9 Å². The van der Waals surface area contributed by atoms with E-state index in [0.29, 0.717) is 6.54 Å². The molecule has 0 saturated carbocycles. The van der Waals surface area contributed by atoms with E-state index in [1.54, 1.807) is 24.1 Å². The van der Waals surface area contributed by atoms with E-state index in [1.807, 2.05) is 0 Å². The number of piperazine rings is 1. The highest BCUT2D eigenvalue weighted by Crippen LogP contribution is 2.31. The topological polar surface area (TPSA) is 69.9 Å². The fraction of sp³-hybridized carbons (Fsp3) is 0.429. The van der Waals surface area contributed by atoms with Crippen molar-refractivity contribution >= 4 is 23.3 Å². The highest BCUT2D eigenvalue weighted by atomic mass is 32.2. The molecular formula is C21H27N3O3S. The lowest BCUT2D eigenvalue weighted by Gasteiger charge is -2.40. The molecular weight excluding hydrogens is 374 g/mol. The summed E-state index contributed by atoms with van der Waals surface area (Å²) in [5, 5.41) is 20.7. The van der Waals surface area contributed by atoms with Crippen LogP contribution in [0.1, 0.15) is 26.3 Å². The van der Waals surface area contributed by atoms with Crippen molar-refractivity contribution in [3.05, 3.63) is 64.2 Å². The van der Waals surface area contributed by atoms with Gasteiger partial charge >= 0.3 is 0 Å². The molecule has 150 valence electrons. The van der Waals surface area contributed by atoms with Crippen LogP contribution in [0.2, 0.25) is 0 Å². The molecule has 0 amide bonds. The van der Waals surface area contributed by atoms with Gasteiger partial charge < -0.3 is 10.0 Å². The van der Waals surface area contributed by atoms with Crippen LogP contribution in [0.5, 0.6) is 0 Å². The van der Waals surface area contributed by atoms with Crippen molar-refractivity contribution in [3.8, 4) is 0 Å². The van der Waals surface area contributed by atoms with Crippen molar-refractivity contribution in [2.24, 2.45) is 0 Å². The van der Waals surface area contributed by atoms with Crippen LogP contribution in [0.15, 0.2) is 53.4 Å². The Bertz CT molecular complexity index is 803. The zero-order chi connectivity index (χ0) is 20.3. The second-order valence-corrected chi connectivity index (χ2v) is 9.19. The van der Waals surface area contributed by atoms with Gasteiger partial charge in [0.2, 0.25) is 0 Å².